The van der Waals surface area contributed by atoms with E-state index in [-0.39, 0.29) is 11.5 Å². The molecule has 1 aliphatic heterocycles. The van der Waals surface area contributed by atoms with Crippen LogP contribution in [0, 0.1) is 0 Å². The van der Waals surface area contributed by atoms with E-state index in [0.29, 0.717) is 0 Å². The van der Waals surface area contributed by atoms with Gasteiger partial charge in [-0.15, -0.1) is 0 Å². The highest BCUT2D eigenvalue weighted by Gasteiger charge is 2.35. The predicted octanol–water partition coefficient (Wildman–Crippen LogP) is 15.8. The molecule has 0 saturated carbocycles. The Labute approximate surface area is 352 Å². The number of aliphatic imine (C=N–C) groups is 1. The van der Waals surface area contributed by atoms with Crippen molar-refractivity contribution in [1.29, 1.82) is 0 Å². The molecule has 1 nitrogen and oxygen atoms in total. The maximum atomic E-state index is 5.77. The second-order valence-electron chi connectivity index (χ2n) is 17.2. The summed E-state index contributed by atoms with van der Waals surface area (Å²) in [4.78, 5) is 5.77. The van der Waals surface area contributed by atoms with Gasteiger partial charge in [-0.05, 0) is 136 Å². The minimum absolute atomic E-state index is 0.0692. The van der Waals surface area contributed by atoms with Crippen molar-refractivity contribution >= 4 is 43.6 Å². The zero-order valence-electron chi connectivity index (χ0n) is 34.3. The highest BCUT2D eigenvalue weighted by Crippen LogP contribution is 2.50. The van der Waals surface area contributed by atoms with Gasteiger partial charge in [0.25, 0.3) is 0 Å². The third kappa shape index (κ3) is 5.80. The van der Waals surface area contributed by atoms with E-state index in [0.717, 1.165) is 28.8 Å². The number of fused-ring (bicyclic) bond motifs is 9. The normalized spacial score (nSPS) is 15.9. The van der Waals surface area contributed by atoms with Gasteiger partial charge in [0.1, 0.15) is 0 Å². The van der Waals surface area contributed by atoms with E-state index in [1.54, 1.807) is 0 Å². The lowest BCUT2D eigenvalue weighted by molar-refractivity contribution is 0.660. The molecule has 9 aromatic carbocycles. The molecule has 0 N–H and O–H groups in total. The number of hydrogen-bond donors (Lipinski definition) is 0. The zero-order valence-corrected chi connectivity index (χ0v) is 34.3. The lowest BCUT2D eigenvalue weighted by Crippen LogP contribution is -2.14. The van der Waals surface area contributed by atoms with Crippen LogP contribution in [0.2, 0.25) is 0 Å². The molecule has 0 aromatic heterocycles. The van der Waals surface area contributed by atoms with Gasteiger partial charge < -0.3 is 0 Å². The number of allylic oxidation sites excluding steroid dienone is 2. The molecule has 2 aliphatic rings. The number of nitrogens with zero attached hydrogens (tertiary/aromatic N) is 1. The average molecular weight is 768 g/mol. The summed E-state index contributed by atoms with van der Waals surface area (Å²) in [6.07, 6.45) is 0.727. The third-order valence-electron chi connectivity index (χ3n) is 13.3. The number of benzene rings is 9. The minimum atomic E-state index is -0.228. The van der Waals surface area contributed by atoms with Crippen LogP contribution >= 0.6 is 0 Å². The fraction of sp³-hybridized carbons (Fsp3) is 0.102. The molecule has 1 unspecified atom stereocenters. The van der Waals surface area contributed by atoms with Crippen molar-refractivity contribution in [3.63, 3.8) is 0 Å². The Balaban J connectivity index is 1.06. The fourth-order valence-corrected chi connectivity index (χ4v) is 10.2. The maximum Gasteiger partial charge on any atom is 0.0967 e. The van der Waals surface area contributed by atoms with Gasteiger partial charge in [0.05, 0.1) is 11.8 Å². The standard InChI is InChI=1S/C59H45N/c1-37-33-53(41-27-25-40(26-28-41)39-15-6-5-7-16-39)38(2)58(44-18-14-17-42(34-44)43-29-32-52-51-23-12-13-24-55(51)59(3,4)56(52)36-43)60-57(37)45-30-31-50-48-21-9-8-19-46(48)47-20-10-11-22-49(47)54(50)35-45/h5-32,34-36,57H,1,33H2,2-4H3. The van der Waals surface area contributed by atoms with Crippen molar-refractivity contribution in [3.05, 3.63) is 234 Å². The topological polar surface area (TPSA) is 12.4 Å². The monoisotopic (exact) mass is 767 g/mol. The van der Waals surface area contributed by atoms with Crippen LogP contribution in [0.1, 0.15) is 61.1 Å². The van der Waals surface area contributed by atoms with Crippen molar-refractivity contribution in [2.24, 2.45) is 4.99 Å². The first kappa shape index (κ1) is 36.0. The van der Waals surface area contributed by atoms with Gasteiger partial charge in [-0.3, -0.25) is 4.99 Å². The van der Waals surface area contributed by atoms with E-state index in [4.69, 9.17) is 11.6 Å². The summed E-state index contributed by atoms with van der Waals surface area (Å²) in [6, 6.07) is 68.9. The Kier molecular flexibility index (Phi) is 8.43. The van der Waals surface area contributed by atoms with E-state index in [9.17, 15) is 0 Å². The highest BCUT2D eigenvalue weighted by molar-refractivity contribution is 6.25. The summed E-state index contributed by atoms with van der Waals surface area (Å²) >= 11 is 0. The number of hydrogen-bond acceptors (Lipinski definition) is 1. The Bertz CT molecular complexity index is 3230. The van der Waals surface area contributed by atoms with Crippen LogP contribution in [0.15, 0.2) is 211 Å². The SMILES string of the molecule is C=C1CC(c2ccc(-c3ccccc3)cc2)=C(C)C(c2cccc(-c3ccc4c(c3)C(C)(C)c3ccccc3-4)c2)=NC1c1ccc2c3ccccc3c3ccccc3c2c1. The van der Waals surface area contributed by atoms with Crippen molar-refractivity contribution in [3.8, 4) is 33.4 Å². The largest absolute Gasteiger partial charge is 0.272 e. The molecule has 0 fully saturated rings. The molecule has 1 heteroatoms. The second kappa shape index (κ2) is 14.0. The Morgan fingerprint density at radius 3 is 1.72 bits per heavy atom. The molecule has 60 heavy (non-hydrogen) atoms. The second-order valence-corrected chi connectivity index (χ2v) is 17.2. The molecule has 9 aromatic rings. The lowest BCUT2D eigenvalue weighted by atomic mass is 9.81. The van der Waals surface area contributed by atoms with Gasteiger partial charge in [0.15, 0.2) is 0 Å². The van der Waals surface area contributed by atoms with Crippen molar-refractivity contribution < 1.29 is 0 Å². The molecule has 1 heterocycles. The first-order valence-corrected chi connectivity index (χ1v) is 21.1. The van der Waals surface area contributed by atoms with Crippen LogP contribution in [0.4, 0.5) is 0 Å². The minimum Gasteiger partial charge on any atom is -0.272 e. The van der Waals surface area contributed by atoms with Gasteiger partial charge in [-0.1, -0.05) is 190 Å². The molecular weight excluding hydrogens is 723 g/mol. The summed E-state index contributed by atoms with van der Waals surface area (Å²) in [5.74, 6) is 0. The van der Waals surface area contributed by atoms with E-state index in [1.165, 1.54) is 93.5 Å². The quantitative estimate of drug-likeness (QED) is 0.122. The molecule has 0 amide bonds. The van der Waals surface area contributed by atoms with Crippen LogP contribution in [0.3, 0.4) is 0 Å². The first-order chi connectivity index (χ1) is 29.3. The zero-order chi connectivity index (χ0) is 40.5. The smallest absolute Gasteiger partial charge is 0.0967 e. The molecule has 11 rings (SSSR count). The molecular formula is C59H45N. The maximum absolute atomic E-state index is 5.77. The Morgan fingerprint density at radius 1 is 0.450 bits per heavy atom. The summed E-state index contributed by atoms with van der Waals surface area (Å²) in [7, 11) is 0. The van der Waals surface area contributed by atoms with Gasteiger partial charge in [-0.25, -0.2) is 0 Å². The molecule has 1 aliphatic carbocycles. The lowest BCUT2D eigenvalue weighted by Gasteiger charge is -2.22. The van der Waals surface area contributed by atoms with Crippen LogP contribution in [-0.2, 0) is 5.41 Å². The molecule has 0 radical (unpaired) electrons. The summed E-state index contributed by atoms with van der Waals surface area (Å²) in [6.45, 7) is 11.8. The van der Waals surface area contributed by atoms with E-state index in [2.05, 4.69) is 209 Å². The van der Waals surface area contributed by atoms with Crippen LogP contribution in [-0.4, -0.2) is 5.71 Å². The Hall–Kier alpha value is -7.09. The average Bonchev–Trinajstić information content (AvgIpc) is 3.44. The summed E-state index contributed by atoms with van der Waals surface area (Å²) < 4.78 is 0. The molecule has 1 atom stereocenters. The highest BCUT2D eigenvalue weighted by atomic mass is 14.8. The van der Waals surface area contributed by atoms with Gasteiger partial charge in [0.2, 0.25) is 0 Å². The molecule has 0 bridgehead atoms. The van der Waals surface area contributed by atoms with Gasteiger partial charge in [-0.2, -0.15) is 0 Å². The summed E-state index contributed by atoms with van der Waals surface area (Å²) in [5.41, 5.74) is 18.3. The van der Waals surface area contributed by atoms with Crippen LogP contribution in [0.25, 0.3) is 71.3 Å². The van der Waals surface area contributed by atoms with Crippen molar-refractivity contribution in [2.75, 3.05) is 0 Å². The fourth-order valence-electron chi connectivity index (χ4n) is 10.2. The van der Waals surface area contributed by atoms with Crippen molar-refractivity contribution in [1.82, 2.24) is 0 Å². The Morgan fingerprint density at radius 2 is 0.983 bits per heavy atom. The van der Waals surface area contributed by atoms with E-state index in [1.807, 2.05) is 0 Å². The van der Waals surface area contributed by atoms with Crippen molar-refractivity contribution in [2.45, 2.75) is 38.6 Å². The molecule has 0 spiro atoms. The molecule has 0 saturated heterocycles. The third-order valence-corrected chi connectivity index (χ3v) is 13.3. The van der Waals surface area contributed by atoms with E-state index < -0.39 is 0 Å². The summed E-state index contributed by atoms with van der Waals surface area (Å²) in [5, 5.41) is 7.61. The van der Waals surface area contributed by atoms with E-state index >= 15 is 0 Å². The first-order valence-electron chi connectivity index (χ1n) is 21.1. The molecule has 286 valence electrons. The van der Waals surface area contributed by atoms with Gasteiger partial charge >= 0.3 is 0 Å². The van der Waals surface area contributed by atoms with Crippen LogP contribution < -0.4 is 0 Å². The van der Waals surface area contributed by atoms with Crippen LogP contribution in [0.5, 0.6) is 0 Å². The van der Waals surface area contributed by atoms with Gasteiger partial charge in [0, 0.05) is 11.0 Å². The number of rotatable bonds is 5. The predicted molar refractivity (Wildman–Crippen MR) is 256 cm³/mol.